The highest BCUT2D eigenvalue weighted by molar-refractivity contribution is 7.12. The van der Waals surface area contributed by atoms with Crippen molar-refractivity contribution >= 4 is 51.9 Å². The van der Waals surface area contributed by atoms with Crippen LogP contribution in [0.1, 0.15) is 24.3 Å². The summed E-state index contributed by atoms with van der Waals surface area (Å²) in [6.45, 7) is 3.33. The molecule has 1 heterocycles. The van der Waals surface area contributed by atoms with Crippen LogP contribution < -0.4 is 5.43 Å². The Morgan fingerprint density at radius 2 is 2.00 bits per heavy atom. The first-order valence-electron chi connectivity index (χ1n) is 6.96. The molecule has 0 spiro atoms. The predicted octanol–water partition coefficient (Wildman–Crippen LogP) is 4.34. The molecule has 24 heavy (non-hydrogen) atoms. The summed E-state index contributed by atoms with van der Waals surface area (Å²) in [5.74, 6) is -0.392. The highest BCUT2D eigenvalue weighted by Gasteiger charge is 2.05. The van der Waals surface area contributed by atoms with Crippen LogP contribution in [0.15, 0.2) is 46.0 Å². The summed E-state index contributed by atoms with van der Waals surface area (Å²) < 4.78 is 0. The van der Waals surface area contributed by atoms with E-state index in [9.17, 15) is 4.79 Å². The monoisotopic (exact) mass is 383 g/mol. The SMILES string of the molecule is C/C(=N/OCC(=O)N/N=C(/C)c1cccs1)c1ccc(Cl)c(Cl)c1. The van der Waals surface area contributed by atoms with Gasteiger partial charge in [-0.2, -0.15) is 5.10 Å². The molecule has 1 amide bonds. The molecule has 0 fully saturated rings. The summed E-state index contributed by atoms with van der Waals surface area (Å²) >= 11 is 13.4. The fourth-order valence-corrected chi connectivity index (χ4v) is 2.65. The summed E-state index contributed by atoms with van der Waals surface area (Å²) in [6.07, 6.45) is 0. The van der Waals surface area contributed by atoms with Gasteiger partial charge in [-0.3, -0.25) is 4.79 Å². The minimum Gasteiger partial charge on any atom is -0.385 e. The van der Waals surface area contributed by atoms with E-state index in [1.165, 1.54) is 0 Å². The molecule has 2 rings (SSSR count). The first-order valence-corrected chi connectivity index (χ1v) is 8.60. The highest BCUT2D eigenvalue weighted by Crippen LogP contribution is 2.22. The maximum absolute atomic E-state index is 11.7. The van der Waals surface area contributed by atoms with E-state index >= 15 is 0 Å². The zero-order chi connectivity index (χ0) is 17.5. The quantitative estimate of drug-likeness (QED) is 0.595. The van der Waals surface area contributed by atoms with Crippen LogP contribution in [0.25, 0.3) is 0 Å². The van der Waals surface area contributed by atoms with E-state index in [4.69, 9.17) is 28.0 Å². The third-order valence-corrected chi connectivity index (χ3v) is 4.68. The first kappa shape index (κ1) is 18.4. The van der Waals surface area contributed by atoms with E-state index in [0.29, 0.717) is 15.8 Å². The third kappa shape index (κ3) is 5.33. The van der Waals surface area contributed by atoms with Crippen LogP contribution in [-0.4, -0.2) is 23.9 Å². The van der Waals surface area contributed by atoms with Crippen LogP contribution in [0.5, 0.6) is 0 Å². The summed E-state index contributed by atoms with van der Waals surface area (Å²) in [4.78, 5) is 17.7. The number of nitrogens with one attached hydrogen (secondary N) is 1. The van der Waals surface area contributed by atoms with Crippen LogP contribution >= 0.6 is 34.5 Å². The Balaban J connectivity index is 1.85. The zero-order valence-corrected chi connectivity index (χ0v) is 15.4. The predicted molar refractivity (Wildman–Crippen MR) is 99.3 cm³/mol. The lowest BCUT2D eigenvalue weighted by Crippen LogP contribution is -2.23. The van der Waals surface area contributed by atoms with Gasteiger partial charge in [0.1, 0.15) is 0 Å². The Morgan fingerprint density at radius 3 is 2.67 bits per heavy atom. The van der Waals surface area contributed by atoms with E-state index in [-0.39, 0.29) is 6.61 Å². The number of nitrogens with zero attached hydrogens (tertiary/aromatic N) is 2. The van der Waals surface area contributed by atoms with Crippen molar-refractivity contribution in [2.24, 2.45) is 10.3 Å². The Morgan fingerprint density at radius 1 is 1.21 bits per heavy atom. The molecule has 0 aliphatic rings. The van der Waals surface area contributed by atoms with E-state index < -0.39 is 5.91 Å². The zero-order valence-electron chi connectivity index (χ0n) is 13.0. The van der Waals surface area contributed by atoms with E-state index in [2.05, 4.69) is 15.7 Å². The smallest absolute Gasteiger partial charge is 0.280 e. The van der Waals surface area contributed by atoms with Crippen LogP contribution in [0, 0.1) is 0 Å². The van der Waals surface area contributed by atoms with Gasteiger partial charge in [-0.15, -0.1) is 11.3 Å². The second-order valence-corrected chi connectivity index (χ2v) is 6.55. The van der Waals surface area contributed by atoms with Crippen molar-refractivity contribution in [3.8, 4) is 0 Å². The first-order chi connectivity index (χ1) is 11.5. The number of rotatable bonds is 6. The molecule has 0 radical (unpaired) electrons. The Labute approximate surface area is 153 Å². The lowest BCUT2D eigenvalue weighted by Gasteiger charge is -2.04. The number of thiophene rings is 1. The Kier molecular flexibility index (Phi) is 6.78. The van der Waals surface area contributed by atoms with E-state index in [0.717, 1.165) is 16.2 Å². The minimum atomic E-state index is -0.392. The number of oxime groups is 1. The molecular formula is C16H15Cl2N3O2S. The lowest BCUT2D eigenvalue weighted by molar-refractivity contribution is -0.125. The average Bonchev–Trinajstić information content (AvgIpc) is 3.09. The molecule has 8 heteroatoms. The van der Waals surface area contributed by atoms with Gasteiger partial charge in [0.05, 0.1) is 21.5 Å². The minimum absolute atomic E-state index is 0.236. The van der Waals surface area contributed by atoms with Crippen molar-refractivity contribution < 1.29 is 9.63 Å². The fourth-order valence-electron chi connectivity index (χ4n) is 1.68. The number of carbonyl (C=O) groups excluding carboxylic acids is 1. The number of hydrogen-bond donors (Lipinski definition) is 1. The Hall–Kier alpha value is -1.89. The molecule has 0 saturated heterocycles. The largest absolute Gasteiger partial charge is 0.385 e. The fraction of sp³-hybridized carbons (Fsp3) is 0.188. The normalized spacial score (nSPS) is 12.2. The summed E-state index contributed by atoms with van der Waals surface area (Å²) in [5.41, 5.74) is 4.50. The van der Waals surface area contributed by atoms with Gasteiger partial charge in [0.25, 0.3) is 5.91 Å². The van der Waals surface area contributed by atoms with Gasteiger partial charge >= 0.3 is 0 Å². The Bertz CT molecular complexity index is 774. The molecule has 1 aromatic heterocycles. The van der Waals surface area contributed by atoms with Gasteiger partial charge < -0.3 is 4.84 Å². The number of carbonyl (C=O) groups is 1. The standard InChI is InChI=1S/C16H15Cl2N3O2S/c1-10(12-5-6-13(17)14(18)8-12)21-23-9-16(22)20-19-11(2)15-4-3-7-24-15/h3-8H,9H2,1-2H3,(H,20,22)/b19-11-,21-10-. The van der Waals surface area contributed by atoms with Crippen LogP contribution in [0.3, 0.4) is 0 Å². The number of amides is 1. The molecular weight excluding hydrogens is 369 g/mol. The number of hydrogen-bond acceptors (Lipinski definition) is 5. The highest BCUT2D eigenvalue weighted by atomic mass is 35.5. The average molecular weight is 384 g/mol. The van der Waals surface area contributed by atoms with Crippen molar-refractivity contribution in [1.29, 1.82) is 0 Å². The molecule has 0 unspecified atom stereocenters. The molecule has 0 aliphatic carbocycles. The van der Waals surface area contributed by atoms with Crippen molar-refractivity contribution in [3.63, 3.8) is 0 Å². The lowest BCUT2D eigenvalue weighted by atomic mass is 10.1. The molecule has 2 aromatic rings. The van der Waals surface area contributed by atoms with E-state index in [1.807, 2.05) is 24.4 Å². The second kappa shape index (κ2) is 8.82. The molecule has 0 bridgehead atoms. The molecule has 0 aliphatic heterocycles. The maximum atomic E-state index is 11.7. The van der Waals surface area contributed by atoms with Gasteiger partial charge in [0, 0.05) is 10.4 Å². The maximum Gasteiger partial charge on any atom is 0.280 e. The molecule has 0 atom stereocenters. The molecule has 5 nitrogen and oxygen atoms in total. The number of hydrazone groups is 1. The molecule has 1 N–H and O–H groups in total. The molecule has 126 valence electrons. The van der Waals surface area contributed by atoms with Crippen molar-refractivity contribution in [1.82, 2.24) is 5.43 Å². The molecule has 1 aromatic carbocycles. The second-order valence-electron chi connectivity index (χ2n) is 4.79. The molecule has 0 saturated carbocycles. The van der Waals surface area contributed by atoms with Gasteiger partial charge in [-0.05, 0) is 37.4 Å². The van der Waals surface area contributed by atoms with Crippen LogP contribution in [0.4, 0.5) is 0 Å². The van der Waals surface area contributed by atoms with Gasteiger partial charge in [-0.1, -0.05) is 40.5 Å². The van der Waals surface area contributed by atoms with E-state index in [1.54, 1.807) is 36.5 Å². The summed E-state index contributed by atoms with van der Waals surface area (Å²) in [7, 11) is 0. The van der Waals surface area contributed by atoms with Gasteiger partial charge in [-0.25, -0.2) is 5.43 Å². The van der Waals surface area contributed by atoms with Gasteiger partial charge in [0.15, 0.2) is 6.61 Å². The summed E-state index contributed by atoms with van der Waals surface area (Å²) in [6, 6.07) is 8.97. The van der Waals surface area contributed by atoms with Gasteiger partial charge in [0.2, 0.25) is 0 Å². The summed E-state index contributed by atoms with van der Waals surface area (Å²) in [5, 5.41) is 10.7. The van der Waals surface area contributed by atoms with Crippen molar-refractivity contribution in [2.45, 2.75) is 13.8 Å². The topological polar surface area (TPSA) is 63.0 Å². The van der Waals surface area contributed by atoms with Crippen LogP contribution in [-0.2, 0) is 9.63 Å². The van der Waals surface area contributed by atoms with Crippen molar-refractivity contribution in [2.75, 3.05) is 6.61 Å². The van der Waals surface area contributed by atoms with Crippen LogP contribution in [0.2, 0.25) is 10.0 Å². The third-order valence-electron chi connectivity index (χ3n) is 2.96. The number of benzene rings is 1. The number of halogens is 2. The van der Waals surface area contributed by atoms with Crippen molar-refractivity contribution in [3.05, 3.63) is 56.2 Å².